The third-order valence-corrected chi connectivity index (χ3v) is 2.49. The maximum absolute atomic E-state index is 11.4. The van der Waals surface area contributed by atoms with Gasteiger partial charge >= 0.3 is 12.1 Å². The van der Waals surface area contributed by atoms with Gasteiger partial charge in [-0.25, -0.2) is 9.59 Å². The van der Waals surface area contributed by atoms with Gasteiger partial charge in [-0.3, -0.25) is 0 Å². The summed E-state index contributed by atoms with van der Waals surface area (Å²) in [6.45, 7) is 3.98. The van der Waals surface area contributed by atoms with E-state index in [0.717, 1.165) is 12.0 Å². The number of benzene rings is 1. The van der Waals surface area contributed by atoms with E-state index in [1.165, 1.54) is 12.1 Å². The molecule has 98 valence electrons. The Bertz CT molecular complexity index is 431. The van der Waals surface area contributed by atoms with Crippen LogP contribution in [0.4, 0.5) is 4.79 Å². The third kappa shape index (κ3) is 4.45. The van der Waals surface area contributed by atoms with Gasteiger partial charge in [0.2, 0.25) is 0 Å². The van der Waals surface area contributed by atoms with Gasteiger partial charge in [0.25, 0.3) is 0 Å². The number of nitrogens with one attached hydrogen (secondary N) is 1. The Morgan fingerprint density at radius 3 is 2.78 bits per heavy atom. The lowest BCUT2D eigenvalue weighted by atomic mass is 10.1. The second-order valence-electron chi connectivity index (χ2n) is 3.98. The molecule has 5 nitrogen and oxygen atoms in total. The van der Waals surface area contributed by atoms with Gasteiger partial charge in [0.1, 0.15) is 6.10 Å². The fourth-order valence-electron chi connectivity index (χ4n) is 1.30. The van der Waals surface area contributed by atoms with Crippen LogP contribution in [0.3, 0.4) is 0 Å². The van der Waals surface area contributed by atoms with E-state index in [0.29, 0.717) is 0 Å². The molecule has 0 saturated heterocycles. The number of alkyl carbamates (subject to hydrolysis) is 1. The lowest BCUT2D eigenvalue weighted by Crippen LogP contribution is -2.27. The van der Waals surface area contributed by atoms with Crippen LogP contribution in [0.2, 0.25) is 0 Å². The molecule has 1 unspecified atom stereocenters. The van der Waals surface area contributed by atoms with Crippen molar-refractivity contribution in [2.75, 3.05) is 0 Å². The first kappa shape index (κ1) is 14.0. The van der Waals surface area contributed by atoms with Crippen LogP contribution in [0.25, 0.3) is 0 Å². The molecule has 0 aliphatic carbocycles. The highest BCUT2D eigenvalue weighted by atomic mass is 16.6. The zero-order chi connectivity index (χ0) is 13.5. The van der Waals surface area contributed by atoms with E-state index in [-0.39, 0.29) is 18.2 Å². The molecule has 0 saturated carbocycles. The Labute approximate surface area is 106 Å². The fraction of sp³-hybridized carbons (Fsp3) is 0.385. The van der Waals surface area contributed by atoms with Gasteiger partial charge in [0.15, 0.2) is 0 Å². The van der Waals surface area contributed by atoms with Gasteiger partial charge < -0.3 is 15.2 Å². The van der Waals surface area contributed by atoms with Crippen LogP contribution in [-0.4, -0.2) is 23.3 Å². The summed E-state index contributed by atoms with van der Waals surface area (Å²) in [6, 6.07) is 6.41. The van der Waals surface area contributed by atoms with Gasteiger partial charge in [0.05, 0.1) is 5.56 Å². The molecular weight excluding hydrogens is 234 g/mol. The summed E-state index contributed by atoms with van der Waals surface area (Å²) in [5, 5.41) is 11.4. The minimum Gasteiger partial charge on any atom is -0.478 e. The van der Waals surface area contributed by atoms with Crippen LogP contribution in [0.1, 0.15) is 36.2 Å². The van der Waals surface area contributed by atoms with Gasteiger partial charge in [-0.1, -0.05) is 19.1 Å². The molecule has 18 heavy (non-hydrogen) atoms. The Morgan fingerprint density at radius 1 is 1.44 bits per heavy atom. The Kier molecular flexibility index (Phi) is 5.17. The van der Waals surface area contributed by atoms with Crippen molar-refractivity contribution in [3.63, 3.8) is 0 Å². The Hall–Kier alpha value is -2.04. The largest absolute Gasteiger partial charge is 0.478 e. The minimum atomic E-state index is -0.987. The first-order valence-corrected chi connectivity index (χ1v) is 5.79. The minimum absolute atomic E-state index is 0.129. The molecule has 1 atom stereocenters. The van der Waals surface area contributed by atoms with Gasteiger partial charge in [0, 0.05) is 6.54 Å². The first-order valence-electron chi connectivity index (χ1n) is 5.79. The van der Waals surface area contributed by atoms with Crippen LogP contribution in [-0.2, 0) is 11.3 Å². The number of carbonyl (C=O) groups is 2. The third-order valence-electron chi connectivity index (χ3n) is 2.49. The van der Waals surface area contributed by atoms with E-state index in [9.17, 15) is 9.59 Å². The maximum atomic E-state index is 11.4. The monoisotopic (exact) mass is 251 g/mol. The zero-order valence-corrected chi connectivity index (χ0v) is 10.5. The summed E-state index contributed by atoms with van der Waals surface area (Å²) in [5.74, 6) is -0.987. The van der Waals surface area contributed by atoms with E-state index < -0.39 is 12.1 Å². The molecule has 0 spiro atoms. The maximum Gasteiger partial charge on any atom is 0.407 e. The summed E-state index contributed by atoms with van der Waals surface area (Å²) >= 11 is 0. The molecule has 5 heteroatoms. The molecule has 0 aliphatic rings. The molecule has 1 aromatic carbocycles. The van der Waals surface area contributed by atoms with Crippen molar-refractivity contribution in [1.29, 1.82) is 0 Å². The number of aromatic carboxylic acids is 1. The standard InChI is InChI=1S/C13H17NO4/c1-3-9(2)18-13(17)14-8-10-5-4-6-11(7-10)12(15)16/h4-7,9H,3,8H2,1-2H3,(H,14,17)(H,15,16). The van der Waals surface area contributed by atoms with E-state index in [4.69, 9.17) is 9.84 Å². The van der Waals surface area contributed by atoms with Crippen LogP contribution in [0.5, 0.6) is 0 Å². The van der Waals surface area contributed by atoms with E-state index in [2.05, 4.69) is 5.32 Å². The molecule has 0 bridgehead atoms. The molecule has 0 fully saturated rings. The summed E-state index contributed by atoms with van der Waals surface area (Å²) in [7, 11) is 0. The summed E-state index contributed by atoms with van der Waals surface area (Å²) < 4.78 is 5.03. The highest BCUT2D eigenvalue weighted by Crippen LogP contribution is 2.05. The van der Waals surface area contributed by atoms with Crippen molar-refractivity contribution >= 4 is 12.1 Å². The SMILES string of the molecule is CCC(C)OC(=O)NCc1cccc(C(=O)O)c1. The summed E-state index contributed by atoms with van der Waals surface area (Å²) in [6.07, 6.45) is 0.127. The summed E-state index contributed by atoms with van der Waals surface area (Å²) in [5.41, 5.74) is 0.917. The number of hydrogen-bond donors (Lipinski definition) is 2. The topological polar surface area (TPSA) is 75.6 Å². The van der Waals surface area contributed by atoms with Crippen molar-refractivity contribution in [2.45, 2.75) is 32.9 Å². The van der Waals surface area contributed by atoms with Crippen molar-refractivity contribution in [2.24, 2.45) is 0 Å². The molecule has 1 amide bonds. The van der Waals surface area contributed by atoms with Crippen LogP contribution >= 0.6 is 0 Å². The van der Waals surface area contributed by atoms with E-state index in [1.54, 1.807) is 12.1 Å². The molecular formula is C13H17NO4. The first-order chi connectivity index (χ1) is 8.52. The number of ether oxygens (including phenoxy) is 1. The quantitative estimate of drug-likeness (QED) is 0.842. The smallest absolute Gasteiger partial charge is 0.407 e. The predicted octanol–water partition coefficient (Wildman–Crippen LogP) is 2.41. The van der Waals surface area contributed by atoms with Gasteiger partial charge in [-0.15, -0.1) is 0 Å². The Balaban J connectivity index is 2.50. The van der Waals surface area contributed by atoms with Gasteiger partial charge in [-0.2, -0.15) is 0 Å². The van der Waals surface area contributed by atoms with Crippen molar-refractivity contribution in [3.05, 3.63) is 35.4 Å². The lowest BCUT2D eigenvalue weighted by molar-refractivity contribution is 0.0696. The molecule has 0 aliphatic heterocycles. The van der Waals surface area contributed by atoms with E-state index in [1.807, 2.05) is 13.8 Å². The molecule has 1 rings (SSSR count). The highest BCUT2D eigenvalue weighted by molar-refractivity contribution is 5.87. The number of hydrogen-bond acceptors (Lipinski definition) is 3. The van der Waals surface area contributed by atoms with Crippen LogP contribution < -0.4 is 5.32 Å². The van der Waals surface area contributed by atoms with Crippen molar-refractivity contribution < 1.29 is 19.4 Å². The molecule has 0 heterocycles. The van der Waals surface area contributed by atoms with Crippen LogP contribution in [0, 0.1) is 0 Å². The number of carbonyl (C=O) groups excluding carboxylic acids is 1. The van der Waals surface area contributed by atoms with Crippen molar-refractivity contribution in [1.82, 2.24) is 5.32 Å². The second kappa shape index (κ2) is 6.64. The normalized spacial score (nSPS) is 11.7. The lowest BCUT2D eigenvalue weighted by Gasteiger charge is -2.11. The van der Waals surface area contributed by atoms with Gasteiger partial charge in [-0.05, 0) is 31.0 Å². The average Bonchev–Trinajstić information content (AvgIpc) is 2.36. The highest BCUT2D eigenvalue weighted by Gasteiger charge is 2.08. The Morgan fingerprint density at radius 2 is 2.17 bits per heavy atom. The number of rotatable bonds is 5. The fourth-order valence-corrected chi connectivity index (χ4v) is 1.30. The molecule has 1 aromatic rings. The molecule has 0 radical (unpaired) electrons. The van der Waals surface area contributed by atoms with Crippen molar-refractivity contribution in [3.8, 4) is 0 Å². The molecule has 2 N–H and O–H groups in total. The number of amides is 1. The number of carboxylic acid groups (broad SMARTS) is 1. The van der Waals surface area contributed by atoms with Crippen LogP contribution in [0.15, 0.2) is 24.3 Å². The average molecular weight is 251 g/mol. The number of carboxylic acids is 1. The zero-order valence-electron chi connectivity index (χ0n) is 10.5. The summed E-state index contributed by atoms with van der Waals surface area (Å²) in [4.78, 5) is 22.1. The molecule has 0 aromatic heterocycles. The van der Waals surface area contributed by atoms with E-state index >= 15 is 0 Å². The predicted molar refractivity (Wildman–Crippen MR) is 66.5 cm³/mol. The second-order valence-corrected chi connectivity index (χ2v) is 3.98.